The van der Waals surface area contributed by atoms with Gasteiger partial charge in [0.25, 0.3) is 0 Å². The maximum Gasteiger partial charge on any atom is 0.244 e. The van der Waals surface area contributed by atoms with Crippen LogP contribution in [-0.4, -0.2) is 53.1 Å². The highest BCUT2D eigenvalue weighted by Gasteiger charge is 2.22. The van der Waals surface area contributed by atoms with Crippen LogP contribution in [-0.2, 0) is 9.53 Å². The van der Waals surface area contributed by atoms with Gasteiger partial charge >= 0.3 is 0 Å². The molecular weight excluding hydrogens is 220 g/mol. The van der Waals surface area contributed by atoms with Crippen LogP contribution in [0.15, 0.2) is 18.6 Å². The van der Waals surface area contributed by atoms with Crippen LogP contribution >= 0.6 is 0 Å². The summed E-state index contributed by atoms with van der Waals surface area (Å²) in [6.45, 7) is 4.39. The Morgan fingerprint density at radius 1 is 1.53 bits per heavy atom. The van der Waals surface area contributed by atoms with Crippen LogP contribution in [0.2, 0.25) is 0 Å². The Kier molecular flexibility index (Phi) is 3.87. The monoisotopic (exact) mass is 236 g/mol. The summed E-state index contributed by atoms with van der Waals surface area (Å²) < 4.78 is 5.21. The van der Waals surface area contributed by atoms with Crippen LogP contribution in [0.4, 0.5) is 5.82 Å². The second-order valence-corrected chi connectivity index (χ2v) is 3.90. The average molecular weight is 236 g/mol. The molecule has 0 saturated carbocycles. The second kappa shape index (κ2) is 5.58. The third kappa shape index (κ3) is 3.13. The van der Waals surface area contributed by atoms with Crippen molar-refractivity contribution in [2.45, 2.75) is 13.0 Å². The molecule has 0 bridgehead atoms. The largest absolute Gasteiger partial charge is 0.378 e. The lowest BCUT2D eigenvalue weighted by atomic mass is 10.2. The number of hydrogen-bond acceptors (Lipinski definition) is 5. The second-order valence-electron chi connectivity index (χ2n) is 3.90. The molecule has 2 heterocycles. The van der Waals surface area contributed by atoms with Gasteiger partial charge in [-0.05, 0) is 13.0 Å². The Bertz CT molecular complexity index is 365. The van der Waals surface area contributed by atoms with Gasteiger partial charge in [0, 0.05) is 19.3 Å². The van der Waals surface area contributed by atoms with E-state index in [1.165, 1.54) is 6.33 Å². The molecule has 2 rings (SSSR count). The molecule has 1 aromatic heterocycles. The Hall–Kier alpha value is -1.69. The van der Waals surface area contributed by atoms with E-state index in [1.807, 2.05) is 11.8 Å². The first-order chi connectivity index (χ1) is 8.27. The van der Waals surface area contributed by atoms with Gasteiger partial charge in [-0.3, -0.25) is 4.79 Å². The van der Waals surface area contributed by atoms with Gasteiger partial charge in [0.1, 0.15) is 18.2 Å². The summed E-state index contributed by atoms with van der Waals surface area (Å²) in [5.74, 6) is 0.737. The van der Waals surface area contributed by atoms with E-state index < -0.39 is 0 Å². The quantitative estimate of drug-likeness (QED) is 0.808. The minimum Gasteiger partial charge on any atom is -0.378 e. The molecule has 6 nitrogen and oxygen atoms in total. The molecule has 0 radical (unpaired) electrons. The lowest BCUT2D eigenvalue weighted by molar-refractivity contribution is -0.135. The molecule has 1 aromatic rings. The number of hydrogen-bond donors (Lipinski definition) is 1. The van der Waals surface area contributed by atoms with Gasteiger partial charge in [-0.25, -0.2) is 9.97 Å². The SMILES string of the molecule is CC(Nc1ccncn1)C(=O)N1CCOCC1. The summed E-state index contributed by atoms with van der Waals surface area (Å²) in [6, 6.07) is 1.45. The van der Waals surface area contributed by atoms with Crippen molar-refractivity contribution in [1.29, 1.82) is 0 Å². The standard InChI is InChI=1S/C11H16N4O2/c1-9(14-10-2-3-12-8-13-10)11(16)15-4-6-17-7-5-15/h2-3,8-9H,4-7H2,1H3,(H,12,13,14). The van der Waals surface area contributed by atoms with Crippen molar-refractivity contribution in [2.24, 2.45) is 0 Å². The Balaban J connectivity index is 1.90. The molecule has 0 aliphatic carbocycles. The van der Waals surface area contributed by atoms with Crippen LogP contribution in [0.3, 0.4) is 0 Å². The Labute approximate surface area is 100 Å². The molecule has 0 spiro atoms. The van der Waals surface area contributed by atoms with Crippen molar-refractivity contribution in [1.82, 2.24) is 14.9 Å². The Morgan fingerprint density at radius 3 is 2.94 bits per heavy atom. The van der Waals surface area contributed by atoms with Crippen molar-refractivity contribution >= 4 is 11.7 Å². The fourth-order valence-electron chi connectivity index (χ4n) is 1.72. The molecule has 17 heavy (non-hydrogen) atoms. The zero-order valence-electron chi connectivity index (χ0n) is 9.80. The lowest BCUT2D eigenvalue weighted by Gasteiger charge is -2.29. The number of amides is 1. The van der Waals surface area contributed by atoms with Gasteiger partial charge in [0.15, 0.2) is 0 Å². The van der Waals surface area contributed by atoms with Gasteiger partial charge in [0.05, 0.1) is 13.2 Å². The minimum atomic E-state index is -0.289. The number of aromatic nitrogens is 2. The van der Waals surface area contributed by atoms with E-state index in [1.54, 1.807) is 12.3 Å². The van der Waals surface area contributed by atoms with Crippen LogP contribution in [0.1, 0.15) is 6.92 Å². The fraction of sp³-hybridized carbons (Fsp3) is 0.545. The normalized spacial score (nSPS) is 17.6. The van der Waals surface area contributed by atoms with Crippen molar-refractivity contribution < 1.29 is 9.53 Å². The van der Waals surface area contributed by atoms with E-state index >= 15 is 0 Å². The molecule has 1 fully saturated rings. The molecule has 1 aliphatic heterocycles. The van der Waals surface area contributed by atoms with Crippen molar-refractivity contribution in [3.63, 3.8) is 0 Å². The molecule has 1 unspecified atom stereocenters. The van der Waals surface area contributed by atoms with Crippen LogP contribution in [0.25, 0.3) is 0 Å². The minimum absolute atomic E-state index is 0.0758. The van der Waals surface area contributed by atoms with Gasteiger partial charge in [-0.2, -0.15) is 0 Å². The summed E-state index contributed by atoms with van der Waals surface area (Å²) in [7, 11) is 0. The highest BCUT2D eigenvalue weighted by Crippen LogP contribution is 2.06. The molecule has 0 aromatic carbocycles. The van der Waals surface area contributed by atoms with E-state index in [0.717, 1.165) is 0 Å². The van der Waals surface area contributed by atoms with E-state index in [4.69, 9.17) is 4.74 Å². The number of rotatable bonds is 3. The summed E-state index contributed by atoms with van der Waals surface area (Å²) in [5.41, 5.74) is 0. The predicted molar refractivity (Wildman–Crippen MR) is 62.5 cm³/mol. The van der Waals surface area contributed by atoms with Gasteiger partial charge < -0.3 is 15.0 Å². The first kappa shape index (κ1) is 11.8. The fourth-order valence-corrected chi connectivity index (χ4v) is 1.72. The highest BCUT2D eigenvalue weighted by atomic mass is 16.5. The van der Waals surface area contributed by atoms with Crippen LogP contribution in [0.5, 0.6) is 0 Å². The number of nitrogens with one attached hydrogen (secondary N) is 1. The van der Waals surface area contributed by atoms with Crippen molar-refractivity contribution in [2.75, 3.05) is 31.6 Å². The summed E-state index contributed by atoms with van der Waals surface area (Å²) in [5, 5.41) is 3.06. The van der Waals surface area contributed by atoms with E-state index in [2.05, 4.69) is 15.3 Å². The number of morpholine rings is 1. The zero-order valence-corrected chi connectivity index (χ0v) is 9.80. The molecule has 1 N–H and O–H groups in total. The van der Waals surface area contributed by atoms with E-state index in [-0.39, 0.29) is 11.9 Å². The first-order valence-electron chi connectivity index (χ1n) is 5.66. The number of anilines is 1. The van der Waals surface area contributed by atoms with Gasteiger partial charge in [0.2, 0.25) is 5.91 Å². The van der Waals surface area contributed by atoms with Crippen molar-refractivity contribution in [3.05, 3.63) is 18.6 Å². The van der Waals surface area contributed by atoms with Gasteiger partial charge in [-0.15, -0.1) is 0 Å². The average Bonchev–Trinajstić information content (AvgIpc) is 2.40. The van der Waals surface area contributed by atoms with Crippen molar-refractivity contribution in [3.8, 4) is 0 Å². The summed E-state index contributed by atoms with van der Waals surface area (Å²) in [6.07, 6.45) is 3.09. The molecule has 92 valence electrons. The first-order valence-corrected chi connectivity index (χ1v) is 5.66. The maximum absolute atomic E-state index is 12.1. The maximum atomic E-state index is 12.1. The summed E-state index contributed by atoms with van der Waals surface area (Å²) in [4.78, 5) is 21.7. The van der Waals surface area contributed by atoms with Crippen LogP contribution < -0.4 is 5.32 Å². The number of carbonyl (C=O) groups excluding carboxylic acids is 1. The summed E-state index contributed by atoms with van der Waals surface area (Å²) >= 11 is 0. The highest BCUT2D eigenvalue weighted by molar-refractivity contribution is 5.84. The molecule has 1 amide bonds. The third-order valence-electron chi connectivity index (χ3n) is 2.64. The zero-order chi connectivity index (χ0) is 12.1. The molecular formula is C11H16N4O2. The molecule has 1 atom stereocenters. The number of ether oxygens (including phenoxy) is 1. The third-order valence-corrected chi connectivity index (χ3v) is 2.64. The number of carbonyl (C=O) groups is 1. The topological polar surface area (TPSA) is 67.4 Å². The molecule has 6 heteroatoms. The molecule has 1 saturated heterocycles. The number of nitrogens with zero attached hydrogens (tertiary/aromatic N) is 3. The smallest absolute Gasteiger partial charge is 0.244 e. The van der Waals surface area contributed by atoms with E-state index in [0.29, 0.717) is 32.1 Å². The lowest BCUT2D eigenvalue weighted by Crippen LogP contribution is -2.47. The Morgan fingerprint density at radius 2 is 2.29 bits per heavy atom. The van der Waals surface area contributed by atoms with Crippen LogP contribution in [0, 0.1) is 0 Å². The van der Waals surface area contributed by atoms with Gasteiger partial charge in [-0.1, -0.05) is 0 Å². The predicted octanol–water partition coefficient (Wildman–Crippen LogP) is 0.136. The molecule has 1 aliphatic rings. The van der Waals surface area contributed by atoms with E-state index in [9.17, 15) is 4.79 Å².